The number of carbonyl (C=O) groups excluding carboxylic acids is 1. The van der Waals surface area contributed by atoms with Crippen molar-refractivity contribution in [3.8, 4) is 0 Å². The number of hydrogen-bond acceptors (Lipinski definition) is 4. The maximum Gasteiger partial charge on any atom is 0.163 e. The molecule has 0 bridgehead atoms. The normalized spacial score (nSPS) is 20.4. The summed E-state index contributed by atoms with van der Waals surface area (Å²) >= 11 is 0. The van der Waals surface area contributed by atoms with Gasteiger partial charge in [0.25, 0.3) is 0 Å². The molecule has 4 nitrogen and oxygen atoms in total. The fourth-order valence-corrected chi connectivity index (χ4v) is 3.23. The first-order valence-corrected chi connectivity index (χ1v) is 7.62. The third kappa shape index (κ3) is 2.17. The lowest BCUT2D eigenvalue weighted by molar-refractivity contribution is -0.116. The predicted molar refractivity (Wildman–Crippen MR) is 86.5 cm³/mol. The average Bonchev–Trinajstić information content (AvgIpc) is 2.73. The van der Waals surface area contributed by atoms with Gasteiger partial charge >= 0.3 is 0 Å². The highest BCUT2D eigenvalue weighted by atomic mass is 16.1. The smallest absolute Gasteiger partial charge is 0.163 e. The largest absolute Gasteiger partial charge is 0.372 e. The van der Waals surface area contributed by atoms with Crippen molar-refractivity contribution in [1.82, 2.24) is 4.98 Å². The fourth-order valence-electron chi connectivity index (χ4n) is 3.23. The number of para-hydroxylation sites is 2. The van der Waals surface area contributed by atoms with Gasteiger partial charge in [0.05, 0.1) is 17.4 Å². The van der Waals surface area contributed by atoms with Crippen LogP contribution in [0.1, 0.15) is 30.9 Å². The molecule has 0 saturated heterocycles. The van der Waals surface area contributed by atoms with Crippen LogP contribution in [0.3, 0.4) is 0 Å². The van der Waals surface area contributed by atoms with Gasteiger partial charge in [0.1, 0.15) is 0 Å². The molecule has 110 valence electrons. The topological polar surface area (TPSA) is 54.0 Å². The molecule has 2 aromatic rings. The number of fused-ring (bicyclic) bond motifs is 1. The lowest BCUT2D eigenvalue weighted by Gasteiger charge is -2.25. The second-order valence-corrected chi connectivity index (χ2v) is 5.70. The number of anilines is 2. The van der Waals surface area contributed by atoms with Crippen molar-refractivity contribution in [2.24, 2.45) is 0 Å². The van der Waals surface area contributed by atoms with Gasteiger partial charge in [-0.1, -0.05) is 18.2 Å². The number of carbonyl (C=O) groups is 1. The second kappa shape index (κ2) is 5.30. The van der Waals surface area contributed by atoms with E-state index in [2.05, 4.69) is 15.6 Å². The number of nitrogens with one attached hydrogen (secondary N) is 2. The Balaban J connectivity index is 1.88. The molecule has 0 unspecified atom stereocenters. The zero-order valence-electron chi connectivity index (χ0n) is 12.2. The van der Waals surface area contributed by atoms with Gasteiger partial charge in [0, 0.05) is 30.1 Å². The quantitative estimate of drug-likeness (QED) is 0.841. The lowest BCUT2D eigenvalue weighted by atomic mass is 9.87. The van der Waals surface area contributed by atoms with Crippen LogP contribution in [0.25, 0.3) is 0 Å². The van der Waals surface area contributed by atoms with Crippen LogP contribution >= 0.6 is 0 Å². The molecule has 4 rings (SSSR count). The van der Waals surface area contributed by atoms with E-state index >= 15 is 0 Å². The van der Waals surface area contributed by atoms with Gasteiger partial charge in [-0.15, -0.1) is 0 Å². The van der Waals surface area contributed by atoms with Crippen molar-refractivity contribution in [1.29, 1.82) is 0 Å². The summed E-state index contributed by atoms with van der Waals surface area (Å²) in [5.74, 6) is 0.225. The van der Waals surface area contributed by atoms with Crippen LogP contribution < -0.4 is 10.6 Å². The summed E-state index contributed by atoms with van der Waals surface area (Å²) in [6, 6.07) is 11.9. The molecule has 1 aromatic heterocycles. The first-order chi connectivity index (χ1) is 10.8. The minimum absolute atomic E-state index is 0.146. The third-order valence-electron chi connectivity index (χ3n) is 4.28. The number of hydrogen-bond donors (Lipinski definition) is 2. The monoisotopic (exact) mass is 291 g/mol. The van der Waals surface area contributed by atoms with Crippen LogP contribution in [-0.4, -0.2) is 10.8 Å². The van der Waals surface area contributed by atoms with Gasteiger partial charge in [0.15, 0.2) is 5.78 Å². The Hall–Kier alpha value is -2.62. The molecule has 0 saturated carbocycles. The second-order valence-electron chi connectivity index (χ2n) is 5.70. The van der Waals surface area contributed by atoms with E-state index in [9.17, 15) is 4.79 Å². The molecule has 22 heavy (non-hydrogen) atoms. The molecule has 1 aliphatic heterocycles. The van der Waals surface area contributed by atoms with Gasteiger partial charge < -0.3 is 10.6 Å². The van der Waals surface area contributed by atoms with Crippen molar-refractivity contribution in [3.05, 3.63) is 65.6 Å². The summed E-state index contributed by atoms with van der Waals surface area (Å²) in [5.41, 5.74) is 4.95. The summed E-state index contributed by atoms with van der Waals surface area (Å²) in [7, 11) is 0. The first-order valence-electron chi connectivity index (χ1n) is 7.62. The number of nitrogens with zero attached hydrogens (tertiary/aromatic N) is 1. The Bertz CT molecular complexity index is 752. The van der Waals surface area contributed by atoms with E-state index in [0.29, 0.717) is 6.42 Å². The van der Waals surface area contributed by atoms with Gasteiger partial charge in [0.2, 0.25) is 0 Å². The van der Waals surface area contributed by atoms with Crippen LogP contribution in [0.4, 0.5) is 11.4 Å². The minimum Gasteiger partial charge on any atom is -0.372 e. The number of rotatable bonds is 1. The summed E-state index contributed by atoms with van der Waals surface area (Å²) in [4.78, 5) is 16.8. The number of Topliss-reactive ketones (excluding diaryl/α,β-unsaturated/α-hetero) is 1. The Morgan fingerprint density at radius 1 is 1.05 bits per heavy atom. The lowest BCUT2D eigenvalue weighted by Crippen LogP contribution is -2.23. The predicted octanol–water partition coefficient (Wildman–Crippen LogP) is 3.67. The van der Waals surface area contributed by atoms with E-state index in [1.165, 1.54) is 0 Å². The van der Waals surface area contributed by atoms with Crippen LogP contribution in [0, 0.1) is 0 Å². The molecule has 0 spiro atoms. The summed E-state index contributed by atoms with van der Waals surface area (Å²) < 4.78 is 0. The van der Waals surface area contributed by atoms with Crippen LogP contribution in [0.2, 0.25) is 0 Å². The maximum atomic E-state index is 12.6. The van der Waals surface area contributed by atoms with E-state index in [0.717, 1.165) is 41.1 Å². The average molecular weight is 291 g/mol. The van der Waals surface area contributed by atoms with Crippen molar-refractivity contribution < 1.29 is 4.79 Å². The molecule has 1 aliphatic carbocycles. The van der Waals surface area contributed by atoms with Gasteiger partial charge in [-0.05, 0) is 36.6 Å². The Kier molecular flexibility index (Phi) is 3.15. The molecule has 1 aromatic carbocycles. The zero-order chi connectivity index (χ0) is 14.9. The number of aromatic nitrogens is 1. The Morgan fingerprint density at radius 2 is 1.91 bits per heavy atom. The molecule has 0 amide bonds. The van der Waals surface area contributed by atoms with E-state index in [4.69, 9.17) is 0 Å². The van der Waals surface area contributed by atoms with Crippen molar-refractivity contribution in [3.63, 3.8) is 0 Å². The molecule has 2 N–H and O–H groups in total. The zero-order valence-corrected chi connectivity index (χ0v) is 12.2. The highest BCUT2D eigenvalue weighted by Crippen LogP contribution is 2.40. The molecule has 2 aliphatic rings. The Morgan fingerprint density at radius 3 is 2.73 bits per heavy atom. The summed E-state index contributed by atoms with van der Waals surface area (Å²) in [6.45, 7) is 0. The SMILES string of the molecule is O=C1CCCC2=C1[C@H](c1cccnc1)Nc1ccccc1N2. The summed E-state index contributed by atoms with van der Waals surface area (Å²) in [5, 5.41) is 6.99. The van der Waals surface area contributed by atoms with Crippen molar-refractivity contribution in [2.45, 2.75) is 25.3 Å². The number of benzene rings is 1. The molecule has 0 fully saturated rings. The molecule has 4 heteroatoms. The number of ketones is 1. The number of pyridine rings is 1. The van der Waals surface area contributed by atoms with Crippen molar-refractivity contribution >= 4 is 17.2 Å². The highest BCUT2D eigenvalue weighted by molar-refractivity contribution is 6.00. The standard InChI is InChI=1S/C18H17N3O/c22-16-9-3-8-15-17(16)18(12-5-4-10-19-11-12)21-14-7-2-1-6-13(14)20-15/h1-2,4-7,10-11,18,20-21H,3,8-9H2/t18-/m0/s1. The molecular weight excluding hydrogens is 274 g/mol. The first kappa shape index (κ1) is 13.1. The molecular formula is C18H17N3O. The van der Waals surface area contributed by atoms with Gasteiger partial charge in [-0.2, -0.15) is 0 Å². The molecule has 2 heterocycles. The molecule has 0 radical (unpaired) electrons. The van der Waals surface area contributed by atoms with Crippen LogP contribution in [-0.2, 0) is 4.79 Å². The summed E-state index contributed by atoms with van der Waals surface area (Å²) in [6.07, 6.45) is 6.03. The van der Waals surface area contributed by atoms with E-state index in [1.54, 1.807) is 6.20 Å². The van der Waals surface area contributed by atoms with Crippen LogP contribution in [0.5, 0.6) is 0 Å². The van der Waals surface area contributed by atoms with Crippen molar-refractivity contribution in [2.75, 3.05) is 10.6 Å². The van der Waals surface area contributed by atoms with Gasteiger partial charge in [-0.25, -0.2) is 0 Å². The third-order valence-corrected chi connectivity index (χ3v) is 4.28. The Labute approximate surface area is 129 Å². The van der Waals surface area contributed by atoms with Gasteiger partial charge in [-0.3, -0.25) is 9.78 Å². The van der Waals surface area contributed by atoms with E-state index in [-0.39, 0.29) is 11.8 Å². The minimum atomic E-state index is -0.146. The molecule has 1 atom stereocenters. The maximum absolute atomic E-state index is 12.6. The fraction of sp³-hybridized carbons (Fsp3) is 0.222. The van der Waals surface area contributed by atoms with E-state index in [1.807, 2.05) is 42.6 Å². The highest BCUT2D eigenvalue weighted by Gasteiger charge is 2.31. The number of allylic oxidation sites excluding steroid dienone is 1. The van der Waals surface area contributed by atoms with Crippen LogP contribution in [0.15, 0.2) is 60.1 Å². The van der Waals surface area contributed by atoms with E-state index < -0.39 is 0 Å².